The van der Waals surface area contributed by atoms with Crippen molar-refractivity contribution in [3.63, 3.8) is 0 Å². The number of carbonyl (C=O) groups is 19. The van der Waals surface area contributed by atoms with Gasteiger partial charge in [0.1, 0.15) is 78.3 Å². The number of fused-ring (bicyclic) bond motifs is 4. The lowest BCUT2D eigenvalue weighted by Gasteiger charge is -2.36. The van der Waals surface area contributed by atoms with Gasteiger partial charge in [-0.25, -0.2) is 0 Å². The van der Waals surface area contributed by atoms with Gasteiger partial charge in [0, 0.05) is 119 Å². The van der Waals surface area contributed by atoms with Gasteiger partial charge in [-0.15, -0.1) is 11.8 Å². The van der Waals surface area contributed by atoms with Crippen molar-refractivity contribution in [2.45, 2.75) is 221 Å². The molecule has 712 valence electrons. The van der Waals surface area contributed by atoms with E-state index in [0.717, 1.165) is 31.5 Å². The van der Waals surface area contributed by atoms with E-state index < -0.39 is 286 Å². The van der Waals surface area contributed by atoms with E-state index in [2.05, 4.69) is 57.8 Å². The number of unbranched alkanes of at least 4 members (excludes halogenated alkanes) is 2. The molecule has 0 saturated carbocycles. The van der Waals surface area contributed by atoms with E-state index in [1.165, 1.54) is 45.3 Å². The lowest BCUT2D eigenvalue weighted by Crippen LogP contribution is -2.61. The Hall–Kier alpha value is -13.1. The molecule has 2 aromatic heterocycles. The van der Waals surface area contributed by atoms with Crippen molar-refractivity contribution < 1.29 is 122 Å². The van der Waals surface area contributed by atoms with Gasteiger partial charge in [0.15, 0.2) is 5.78 Å². The third kappa shape index (κ3) is 28.7. The average Bonchev–Trinajstić information content (AvgIpc) is 1.80. The van der Waals surface area contributed by atoms with Gasteiger partial charge in [0.05, 0.1) is 44.1 Å². The molecule has 0 spiro atoms. The zero-order valence-corrected chi connectivity index (χ0v) is 74.5. The summed E-state index contributed by atoms with van der Waals surface area (Å²) < 4.78 is 0. The molecule has 44 heteroatoms. The summed E-state index contributed by atoms with van der Waals surface area (Å²) in [6.45, 7) is 0.874. The number of carboxylic acids is 2. The van der Waals surface area contributed by atoms with Gasteiger partial charge in [-0.1, -0.05) is 88.1 Å². The Morgan fingerprint density at radius 1 is 0.519 bits per heavy atom. The van der Waals surface area contributed by atoms with Gasteiger partial charge in [0.25, 0.3) is 0 Å². The number of carboxylic acid groups (broad SMARTS) is 2. The number of ketones is 1. The number of nitrogens with two attached hydrogens (primary N) is 2. The summed E-state index contributed by atoms with van der Waals surface area (Å²) in [5.41, 5.74) is 13.5. The maximum atomic E-state index is 15.6. The van der Waals surface area contributed by atoms with Crippen LogP contribution in [0.5, 0.6) is 5.75 Å². The number of amides is 16. The van der Waals surface area contributed by atoms with Gasteiger partial charge < -0.3 is 124 Å². The lowest BCUT2D eigenvalue weighted by molar-refractivity contribution is -0.149. The number of aliphatic hydroxyl groups excluding tert-OH is 3. The first-order valence-electron chi connectivity index (χ1n) is 43.3. The number of H-pyrrole nitrogens is 2. The zero-order valence-electron chi connectivity index (χ0n) is 73.7. The van der Waals surface area contributed by atoms with Crippen LogP contribution in [0.1, 0.15) is 134 Å². The standard InChI is InChI=1S/C87H118N18O25S/c1-7-9-20-65-81(124)94-57(27-29-73(114)115)78(121)100-64(77(120)92-40-71(89)112)44-131-45-72(113)93-59(32-47-23-25-51(108)26-24-47)83(126)101(4)46(3)75(118)96-61(37-70(88)111)86(129)104-31-15-22-66(104)82(125)99-63(43-107)79(122)95-58(28-30-74(116)117)85(128)105-41-52(109)36-68(105)69(110)35-48(33-49-38-90-55-18-13-11-16-53(49)55)76(119)98-62(42-106)80(123)97-60(34-50-39-91-56-19-14-12-17-54(50)56)84(127)103(6)67(21-10-8-2)87(130)102(65)5/h11-14,16-19,23-26,38-39,46,48,52,57-68,90-91,106-109H,7-10,15,20-22,27-37,40-45H2,1-6H3,(H2,88,111)(H2,89,112)(H,92,120)(H,93,113)(H,94,124)(H,95,122)(H,96,118)(H,97,123)(H,98,119)(H,99,125)(H,100,121)(H,114,115)(H,116,117)/t46-,48+,52+,57-,58-,59-,60-,61-,62-,63-,64-,65-,66-,67-,68-/m0/s1. The van der Waals surface area contributed by atoms with Crippen molar-refractivity contribution in [2.24, 2.45) is 17.4 Å². The van der Waals surface area contributed by atoms with E-state index in [4.69, 9.17) is 11.5 Å². The number of primary amides is 2. The number of rotatable bonds is 25. The minimum atomic E-state index is -1.98. The highest BCUT2D eigenvalue weighted by Crippen LogP contribution is 2.30. The number of benzene rings is 3. The van der Waals surface area contributed by atoms with Gasteiger partial charge >= 0.3 is 11.9 Å². The number of aromatic amines is 2. The summed E-state index contributed by atoms with van der Waals surface area (Å²) in [4.78, 5) is 283. The summed E-state index contributed by atoms with van der Waals surface area (Å²) in [6.07, 6.45) is -3.02. The Morgan fingerprint density at radius 3 is 1.61 bits per heavy atom. The molecule has 131 heavy (non-hydrogen) atoms. The van der Waals surface area contributed by atoms with E-state index in [-0.39, 0.29) is 70.1 Å². The van der Waals surface area contributed by atoms with E-state index in [1.54, 1.807) is 74.8 Å². The smallest absolute Gasteiger partial charge is 0.303 e. The SMILES string of the molecule is CCCC[C@H]1C(=O)N(C)[C@@H](CCCC)C(=O)N[C@@H](CCC(=O)O)C(=O)N[C@H](C(=O)NCC(N)=O)CSCC(=O)N[C@@H](Cc2ccc(O)cc2)C(=O)N(C)[C@@H](C)C(=O)N[C@@H](CC(N)=O)C(=O)N2CCC[C@H]2C(=O)N[C@@H](CO)C(=O)N[C@@H](CCC(=O)O)C(=O)N2C[C@H](O)C[C@H]2C(=O)C[C@@H](Cc2c[nH]c3ccccc23)C(=O)N[C@@H](CO)C(=O)N[C@@H](Cc2c[nH]c3ccccc23)C(=O)N1C. The number of aromatic hydroxyl groups is 1. The number of aliphatic carboxylic acids is 2. The fourth-order valence-electron chi connectivity index (χ4n) is 16.0. The normalized spacial score (nSPS) is 25.2. The third-order valence-corrected chi connectivity index (χ3v) is 24.5. The topological polar surface area (TPSA) is 654 Å². The first kappa shape index (κ1) is 103. The third-order valence-electron chi connectivity index (χ3n) is 23.4. The van der Waals surface area contributed by atoms with E-state index in [1.807, 2.05) is 0 Å². The maximum Gasteiger partial charge on any atom is 0.303 e. The summed E-state index contributed by atoms with van der Waals surface area (Å²) >= 11 is 0.687. The van der Waals surface area contributed by atoms with E-state index in [0.29, 0.717) is 63.1 Å². The van der Waals surface area contributed by atoms with Crippen molar-refractivity contribution in [3.8, 4) is 5.75 Å². The Labute approximate surface area is 757 Å². The van der Waals surface area contributed by atoms with Crippen molar-refractivity contribution in [1.82, 2.24) is 82.3 Å². The Kier molecular flexibility index (Phi) is 38.7. The molecule has 3 aliphatic heterocycles. The molecule has 0 aliphatic carbocycles. The molecule has 3 aliphatic rings. The summed E-state index contributed by atoms with van der Waals surface area (Å²) in [6, 6.07) is -2.75. The van der Waals surface area contributed by atoms with Crippen LogP contribution in [0, 0.1) is 5.92 Å². The number of aromatic nitrogens is 2. The number of hydrogen-bond acceptors (Lipinski definition) is 24. The number of likely N-dealkylation sites (N-methyl/N-ethyl adjacent to an activating group) is 3. The van der Waals surface area contributed by atoms with Gasteiger partial charge in [-0.2, -0.15) is 0 Å². The summed E-state index contributed by atoms with van der Waals surface area (Å²) in [5, 5.41) is 86.7. The Morgan fingerprint density at radius 2 is 1.03 bits per heavy atom. The van der Waals surface area contributed by atoms with Crippen LogP contribution in [-0.4, -0.2) is 327 Å². The molecule has 16 amide bonds. The van der Waals surface area contributed by atoms with Crippen LogP contribution in [0.4, 0.5) is 0 Å². The molecular weight excluding hydrogens is 1730 g/mol. The Bertz CT molecular complexity index is 4990. The molecule has 0 bridgehead atoms. The van der Waals surface area contributed by atoms with E-state index in [9.17, 15) is 88.2 Å². The van der Waals surface area contributed by atoms with Crippen LogP contribution in [0.15, 0.2) is 85.2 Å². The fourth-order valence-corrected chi connectivity index (χ4v) is 16.9. The lowest BCUT2D eigenvalue weighted by atomic mass is 9.90. The molecule has 43 nitrogen and oxygen atoms in total. The Balaban J connectivity index is 1.19. The van der Waals surface area contributed by atoms with Crippen LogP contribution in [0.25, 0.3) is 21.8 Å². The molecule has 21 N–H and O–H groups in total. The second-order valence-electron chi connectivity index (χ2n) is 32.9. The second-order valence-corrected chi connectivity index (χ2v) is 34.0. The molecule has 5 aromatic rings. The number of nitrogens with one attached hydrogen (secondary N) is 11. The predicted octanol–water partition coefficient (Wildman–Crippen LogP) is -3.39. The zero-order chi connectivity index (χ0) is 96.2. The molecule has 8 rings (SSSR count). The molecular formula is C87H118N18O25S. The first-order chi connectivity index (χ1) is 62.3. The van der Waals surface area contributed by atoms with Gasteiger partial charge in [0.2, 0.25) is 94.5 Å². The molecule has 15 atom stereocenters. The minimum absolute atomic E-state index is 0.0622. The van der Waals surface area contributed by atoms with Gasteiger partial charge in [-0.3, -0.25) is 91.1 Å². The van der Waals surface area contributed by atoms with Crippen LogP contribution in [0.2, 0.25) is 0 Å². The second kappa shape index (κ2) is 49.1. The van der Waals surface area contributed by atoms with E-state index >= 15 is 33.6 Å². The molecule has 0 unspecified atom stereocenters. The number of carbonyl (C=O) groups excluding carboxylic acids is 17. The van der Waals surface area contributed by atoms with Crippen molar-refractivity contribution in [1.29, 1.82) is 0 Å². The average molecular weight is 1850 g/mol. The van der Waals surface area contributed by atoms with Crippen molar-refractivity contribution in [3.05, 3.63) is 102 Å². The molecule has 3 aromatic carbocycles. The van der Waals surface area contributed by atoms with Crippen LogP contribution < -0.4 is 59.3 Å². The highest BCUT2D eigenvalue weighted by atomic mass is 32.2. The largest absolute Gasteiger partial charge is 0.508 e. The highest BCUT2D eigenvalue weighted by Gasteiger charge is 2.47. The molecule has 5 heterocycles. The molecule has 3 saturated heterocycles. The number of thioether (sulfide) groups is 1. The molecule has 0 radical (unpaired) electrons. The number of aliphatic hydroxyl groups is 3. The minimum Gasteiger partial charge on any atom is -0.508 e. The number of nitrogens with zero attached hydrogens (tertiary/aromatic N) is 5. The number of para-hydroxylation sites is 2. The maximum absolute atomic E-state index is 15.6. The number of Topliss-reactive ketones (excluding diaryl/α,β-unsaturated/α-hetero) is 1. The summed E-state index contributed by atoms with van der Waals surface area (Å²) in [7, 11) is 3.72. The van der Waals surface area contributed by atoms with Crippen LogP contribution in [0.3, 0.4) is 0 Å². The monoisotopic (exact) mass is 1850 g/mol. The first-order valence-corrected chi connectivity index (χ1v) is 44.4. The van der Waals surface area contributed by atoms with Crippen LogP contribution >= 0.6 is 11.8 Å². The number of phenols is 1. The quantitative estimate of drug-likeness (QED) is 0.0271. The highest BCUT2D eigenvalue weighted by molar-refractivity contribution is 8.00. The number of hydrogen-bond donors (Lipinski definition) is 19. The molecule has 3 fully saturated rings. The van der Waals surface area contributed by atoms with Crippen molar-refractivity contribution >= 4 is 146 Å². The van der Waals surface area contributed by atoms with Gasteiger partial charge in [-0.05, 0) is 92.8 Å². The van der Waals surface area contributed by atoms with Crippen molar-refractivity contribution in [2.75, 3.05) is 65.5 Å². The fraction of sp³-hybridized carbons (Fsp3) is 0.529. The predicted molar refractivity (Wildman–Crippen MR) is 471 cm³/mol. The number of phenolic OH excluding ortho intramolecular Hbond substituents is 1. The van der Waals surface area contributed by atoms with Crippen LogP contribution in [-0.2, 0) is 110 Å². The summed E-state index contributed by atoms with van der Waals surface area (Å²) in [5.74, 6) is -23.5.